The Labute approximate surface area is 169 Å². The Balaban J connectivity index is 2.12. The molecule has 1 atom stereocenters. The summed E-state index contributed by atoms with van der Waals surface area (Å²) in [5, 5.41) is 11.4. The van der Waals surface area contributed by atoms with E-state index in [1.165, 1.54) is 37.0 Å². The monoisotopic (exact) mass is 389 g/mol. The van der Waals surface area contributed by atoms with Crippen LogP contribution in [0, 0.1) is 11.3 Å². The van der Waals surface area contributed by atoms with Crippen LogP contribution in [0.5, 0.6) is 11.5 Å². The maximum atomic E-state index is 11.0. The van der Waals surface area contributed by atoms with E-state index in [1.54, 1.807) is 7.05 Å². The van der Waals surface area contributed by atoms with E-state index < -0.39 is 5.54 Å². The number of hydrogen-bond acceptors (Lipinski definition) is 4. The number of carbonyl (C=O) groups is 1. The molecule has 6 nitrogen and oxygen atoms in total. The van der Waals surface area contributed by atoms with Crippen molar-refractivity contribution in [1.82, 2.24) is 10.2 Å². The second kappa shape index (κ2) is 10.3. The van der Waals surface area contributed by atoms with Crippen molar-refractivity contribution >= 4 is 12.4 Å². The molecule has 1 aromatic rings. The highest BCUT2D eigenvalue weighted by atomic mass is 16.5. The molecule has 0 spiro atoms. The van der Waals surface area contributed by atoms with Crippen molar-refractivity contribution in [3.8, 4) is 11.5 Å². The Morgan fingerprint density at radius 1 is 1.29 bits per heavy atom. The number of rotatable bonds is 9. The first-order chi connectivity index (χ1) is 13.3. The summed E-state index contributed by atoms with van der Waals surface area (Å²) in [4.78, 5) is 12.3. The maximum Gasteiger partial charge on any atom is 0.216 e. The van der Waals surface area contributed by atoms with Crippen molar-refractivity contribution in [2.24, 2.45) is 5.92 Å². The Morgan fingerprint density at radius 2 is 1.93 bits per heavy atom. The predicted molar refractivity (Wildman–Crippen MR) is 112 cm³/mol. The summed E-state index contributed by atoms with van der Waals surface area (Å²) in [5.74, 6) is 2.11. The molecule has 0 saturated heterocycles. The van der Waals surface area contributed by atoms with Gasteiger partial charge in [-0.2, -0.15) is 0 Å². The lowest BCUT2D eigenvalue weighted by Gasteiger charge is -2.37. The number of nitrogens with zero attached hydrogens (tertiary/aromatic N) is 1. The zero-order valence-electron chi connectivity index (χ0n) is 17.7. The number of para-hydroxylation sites is 2. The second-order valence-electron chi connectivity index (χ2n) is 8.36. The van der Waals surface area contributed by atoms with Crippen molar-refractivity contribution in [3.63, 3.8) is 0 Å². The lowest BCUT2D eigenvalue weighted by Crippen LogP contribution is -2.55. The Bertz CT molecular complexity index is 644. The minimum Gasteiger partial charge on any atom is -0.487 e. The van der Waals surface area contributed by atoms with Crippen molar-refractivity contribution in [1.29, 1.82) is 5.41 Å². The molecule has 0 heterocycles. The average Bonchev–Trinajstić information content (AvgIpc) is 2.67. The van der Waals surface area contributed by atoms with E-state index in [4.69, 9.17) is 14.9 Å². The Morgan fingerprint density at radius 3 is 2.54 bits per heavy atom. The number of hydrogen-bond donors (Lipinski definition) is 2. The molecular weight excluding hydrogens is 354 g/mol. The fourth-order valence-electron chi connectivity index (χ4n) is 3.76. The minimum absolute atomic E-state index is 0.0610. The highest BCUT2D eigenvalue weighted by Crippen LogP contribution is 2.33. The zero-order valence-corrected chi connectivity index (χ0v) is 17.7. The van der Waals surface area contributed by atoms with Gasteiger partial charge in [0.1, 0.15) is 6.61 Å². The lowest BCUT2D eigenvalue weighted by atomic mass is 9.80. The van der Waals surface area contributed by atoms with Gasteiger partial charge in [-0.3, -0.25) is 15.1 Å². The molecule has 28 heavy (non-hydrogen) atoms. The van der Waals surface area contributed by atoms with Crippen molar-refractivity contribution in [2.45, 2.75) is 70.9 Å². The van der Waals surface area contributed by atoms with Gasteiger partial charge in [-0.05, 0) is 45.2 Å². The highest BCUT2D eigenvalue weighted by molar-refractivity contribution is 5.86. The number of guanidine groups is 1. The quantitative estimate of drug-likeness (QED) is 0.377. The summed E-state index contributed by atoms with van der Waals surface area (Å²) >= 11 is 0. The molecule has 1 aliphatic rings. The molecule has 0 aliphatic heterocycles. The van der Waals surface area contributed by atoms with Gasteiger partial charge in [0.2, 0.25) is 6.41 Å². The molecule has 1 fully saturated rings. The van der Waals surface area contributed by atoms with Crippen LogP contribution in [0.4, 0.5) is 0 Å². The largest absolute Gasteiger partial charge is 0.487 e. The van der Waals surface area contributed by atoms with E-state index in [-0.39, 0.29) is 12.1 Å². The molecule has 156 valence electrons. The second-order valence-corrected chi connectivity index (χ2v) is 8.36. The number of ether oxygens (including phenoxy) is 2. The first-order valence-electron chi connectivity index (χ1n) is 10.3. The van der Waals surface area contributed by atoms with E-state index in [2.05, 4.69) is 12.2 Å². The van der Waals surface area contributed by atoms with Gasteiger partial charge >= 0.3 is 0 Å². The third kappa shape index (κ3) is 6.73. The highest BCUT2D eigenvalue weighted by Gasteiger charge is 2.32. The number of benzene rings is 1. The molecule has 1 aromatic carbocycles. The van der Waals surface area contributed by atoms with E-state index in [0.717, 1.165) is 12.2 Å². The maximum absolute atomic E-state index is 11.0. The van der Waals surface area contributed by atoms with Crippen molar-refractivity contribution < 1.29 is 14.3 Å². The fraction of sp³-hybridized carbons (Fsp3) is 0.636. The van der Waals surface area contributed by atoms with E-state index in [1.807, 2.05) is 38.1 Å². The van der Waals surface area contributed by atoms with Gasteiger partial charge in [0.05, 0.1) is 11.6 Å². The van der Waals surface area contributed by atoms with E-state index in [0.29, 0.717) is 24.7 Å². The van der Waals surface area contributed by atoms with Crippen LogP contribution in [0.2, 0.25) is 0 Å². The smallest absolute Gasteiger partial charge is 0.216 e. The molecule has 1 aliphatic carbocycles. The van der Waals surface area contributed by atoms with E-state index >= 15 is 0 Å². The molecule has 1 amide bonds. The normalized spacial score (nSPS) is 16.9. The van der Waals surface area contributed by atoms with Crippen LogP contribution in [-0.4, -0.2) is 42.6 Å². The summed E-state index contributed by atoms with van der Waals surface area (Å²) in [6, 6.07) is 7.67. The molecule has 2 N–H and O–H groups in total. The molecule has 0 bridgehead atoms. The van der Waals surface area contributed by atoms with Crippen LogP contribution < -0.4 is 14.8 Å². The summed E-state index contributed by atoms with van der Waals surface area (Å²) < 4.78 is 12.0. The number of amides is 1. The van der Waals surface area contributed by atoms with Crippen LogP contribution in [0.15, 0.2) is 24.3 Å². The summed E-state index contributed by atoms with van der Waals surface area (Å²) in [5.41, 5.74) is -0.457. The van der Waals surface area contributed by atoms with Gasteiger partial charge < -0.3 is 14.8 Å². The Hall–Kier alpha value is -2.24. The van der Waals surface area contributed by atoms with Crippen molar-refractivity contribution in [2.75, 3.05) is 13.7 Å². The third-order valence-electron chi connectivity index (χ3n) is 5.15. The summed E-state index contributed by atoms with van der Waals surface area (Å²) in [6.45, 7) is 6.43. The van der Waals surface area contributed by atoms with Gasteiger partial charge in [0.25, 0.3) is 0 Å². The Kier molecular flexibility index (Phi) is 8.15. The zero-order chi connectivity index (χ0) is 20.6. The standard InChI is InChI=1S/C22H35N3O3/c1-17(2)28-20-13-9-8-12-19(20)27-15-22(3,24-21(23)25(4)16-26)14-18-10-6-5-7-11-18/h8-9,12-13,16-18H,5-7,10-11,14-15H2,1-4H3,(H2,23,24). The van der Waals surface area contributed by atoms with Gasteiger partial charge in [-0.25, -0.2) is 0 Å². The molecule has 2 rings (SSSR count). The van der Waals surface area contributed by atoms with Gasteiger partial charge in [0.15, 0.2) is 17.5 Å². The first kappa shape index (κ1) is 22.1. The predicted octanol–water partition coefficient (Wildman–Crippen LogP) is 4.19. The number of nitrogens with one attached hydrogen (secondary N) is 2. The van der Waals surface area contributed by atoms with Gasteiger partial charge in [-0.15, -0.1) is 0 Å². The first-order valence-corrected chi connectivity index (χ1v) is 10.3. The number of carbonyl (C=O) groups excluding carboxylic acids is 1. The van der Waals surface area contributed by atoms with Gasteiger partial charge in [-0.1, -0.05) is 44.2 Å². The van der Waals surface area contributed by atoms with Crippen LogP contribution >= 0.6 is 0 Å². The molecule has 0 radical (unpaired) electrons. The minimum atomic E-state index is -0.457. The van der Waals surface area contributed by atoms with Gasteiger partial charge in [0, 0.05) is 7.05 Å². The fourth-order valence-corrected chi connectivity index (χ4v) is 3.76. The molecule has 6 heteroatoms. The average molecular weight is 390 g/mol. The summed E-state index contributed by atoms with van der Waals surface area (Å²) in [7, 11) is 1.58. The molecule has 0 aromatic heterocycles. The lowest BCUT2D eigenvalue weighted by molar-refractivity contribution is -0.114. The molecule has 1 saturated carbocycles. The van der Waals surface area contributed by atoms with E-state index in [9.17, 15) is 4.79 Å². The summed E-state index contributed by atoms with van der Waals surface area (Å²) in [6.07, 6.45) is 7.85. The van der Waals surface area contributed by atoms with Crippen LogP contribution in [0.1, 0.15) is 59.3 Å². The SMILES string of the molecule is CC(C)Oc1ccccc1OCC(C)(CC1CCCCC1)NC(=N)N(C)C=O. The molecule has 1 unspecified atom stereocenters. The van der Waals surface area contributed by atoms with Crippen LogP contribution in [0.25, 0.3) is 0 Å². The van der Waals surface area contributed by atoms with Crippen LogP contribution in [0.3, 0.4) is 0 Å². The third-order valence-corrected chi connectivity index (χ3v) is 5.15. The molecular formula is C22H35N3O3. The van der Waals surface area contributed by atoms with Crippen LogP contribution in [-0.2, 0) is 4.79 Å². The topological polar surface area (TPSA) is 74.7 Å². The van der Waals surface area contributed by atoms with Crippen molar-refractivity contribution in [3.05, 3.63) is 24.3 Å².